The average Bonchev–Trinajstić information content (AvgIpc) is 2.46. The first-order valence-electron chi connectivity index (χ1n) is 8.42. The Labute approximate surface area is 125 Å². The normalized spacial score (nSPS) is 10.6. The second kappa shape index (κ2) is 14.6. The van der Waals surface area contributed by atoms with Crippen LogP contribution < -0.4 is 5.48 Å². The molecule has 0 rings (SSSR count). The lowest BCUT2D eigenvalue weighted by molar-refractivity contribution is 0.0554. The second-order valence-corrected chi connectivity index (χ2v) is 5.30. The lowest BCUT2D eigenvalue weighted by Crippen LogP contribution is -2.40. The topological polar surface area (TPSA) is 41.6 Å². The van der Waals surface area contributed by atoms with Crippen LogP contribution in [-0.2, 0) is 4.84 Å². The van der Waals surface area contributed by atoms with E-state index in [-0.39, 0.29) is 6.03 Å². The summed E-state index contributed by atoms with van der Waals surface area (Å²) in [5, 5.41) is 0. The largest absolute Gasteiger partial charge is 0.341 e. The van der Waals surface area contributed by atoms with Crippen LogP contribution in [0.4, 0.5) is 4.79 Å². The maximum absolute atomic E-state index is 11.8. The number of unbranched alkanes of at least 4 members (excludes halogenated alkanes) is 7. The Bertz CT molecular complexity index is 223. The zero-order valence-corrected chi connectivity index (χ0v) is 13.7. The van der Waals surface area contributed by atoms with Gasteiger partial charge in [-0.2, -0.15) is 0 Å². The molecule has 0 bridgehead atoms. The summed E-state index contributed by atoms with van der Waals surface area (Å²) in [4.78, 5) is 18.6. The molecule has 120 valence electrons. The lowest BCUT2D eigenvalue weighted by atomic mass is 10.1. The standard InChI is InChI=1S/C16H34N2O2/c1-4-7-8-9-10-11-12-13-15-18(14-5-2)16(19)17-20-6-3/h4-15H2,1-3H3,(H,17,19). The quantitative estimate of drug-likeness (QED) is 0.400. The highest BCUT2D eigenvalue weighted by molar-refractivity contribution is 5.72. The number of hydrogen-bond donors (Lipinski definition) is 1. The van der Waals surface area contributed by atoms with Gasteiger partial charge in [-0.25, -0.2) is 10.3 Å². The van der Waals surface area contributed by atoms with Gasteiger partial charge in [0.05, 0.1) is 6.61 Å². The number of rotatable bonds is 13. The molecule has 0 aromatic carbocycles. The molecule has 0 atom stereocenters. The van der Waals surface area contributed by atoms with Gasteiger partial charge >= 0.3 is 6.03 Å². The van der Waals surface area contributed by atoms with Crippen LogP contribution in [0.5, 0.6) is 0 Å². The SMILES string of the molecule is CCCCCCCCCCN(CCC)C(=O)NOCC. The maximum atomic E-state index is 11.8. The Morgan fingerprint density at radius 1 is 0.850 bits per heavy atom. The second-order valence-electron chi connectivity index (χ2n) is 5.30. The number of urea groups is 1. The zero-order chi connectivity index (χ0) is 15.1. The van der Waals surface area contributed by atoms with Crippen LogP contribution in [-0.4, -0.2) is 30.6 Å². The van der Waals surface area contributed by atoms with Gasteiger partial charge < -0.3 is 4.90 Å². The minimum absolute atomic E-state index is 0.100. The highest BCUT2D eigenvalue weighted by atomic mass is 16.7. The molecule has 0 aromatic heterocycles. The van der Waals surface area contributed by atoms with Crippen molar-refractivity contribution in [3.05, 3.63) is 0 Å². The van der Waals surface area contributed by atoms with Crippen molar-refractivity contribution in [1.29, 1.82) is 0 Å². The first kappa shape index (κ1) is 19.2. The molecule has 0 radical (unpaired) electrons. The van der Waals surface area contributed by atoms with Gasteiger partial charge in [0.25, 0.3) is 0 Å². The van der Waals surface area contributed by atoms with E-state index in [0.29, 0.717) is 6.61 Å². The Balaban J connectivity index is 3.62. The van der Waals surface area contributed by atoms with Crippen molar-refractivity contribution in [1.82, 2.24) is 10.4 Å². The highest BCUT2D eigenvalue weighted by Crippen LogP contribution is 2.09. The molecule has 0 saturated heterocycles. The van der Waals surface area contributed by atoms with Crippen LogP contribution in [0, 0.1) is 0 Å². The fraction of sp³-hybridized carbons (Fsp3) is 0.938. The van der Waals surface area contributed by atoms with Crippen molar-refractivity contribution in [2.24, 2.45) is 0 Å². The third-order valence-corrected chi connectivity index (χ3v) is 3.37. The monoisotopic (exact) mass is 286 g/mol. The molecule has 0 aliphatic rings. The third kappa shape index (κ3) is 11.1. The Hall–Kier alpha value is -0.770. The van der Waals surface area contributed by atoms with Gasteiger partial charge in [0.2, 0.25) is 0 Å². The van der Waals surface area contributed by atoms with E-state index < -0.39 is 0 Å². The molecule has 0 heterocycles. The fourth-order valence-electron chi connectivity index (χ4n) is 2.22. The fourth-order valence-corrected chi connectivity index (χ4v) is 2.22. The lowest BCUT2D eigenvalue weighted by Gasteiger charge is -2.22. The van der Waals surface area contributed by atoms with E-state index in [1.54, 1.807) is 0 Å². The van der Waals surface area contributed by atoms with Crippen molar-refractivity contribution in [2.75, 3.05) is 19.7 Å². The summed E-state index contributed by atoms with van der Waals surface area (Å²) >= 11 is 0. The molecule has 0 saturated carbocycles. The Kier molecular flexibility index (Phi) is 14.1. The van der Waals surface area contributed by atoms with E-state index in [9.17, 15) is 4.79 Å². The zero-order valence-electron chi connectivity index (χ0n) is 13.7. The van der Waals surface area contributed by atoms with Gasteiger partial charge in [-0.15, -0.1) is 0 Å². The number of carbonyl (C=O) groups is 1. The van der Waals surface area contributed by atoms with Crippen molar-refractivity contribution < 1.29 is 9.63 Å². The van der Waals surface area contributed by atoms with Crippen LogP contribution in [0.15, 0.2) is 0 Å². The number of hydroxylamine groups is 1. The van der Waals surface area contributed by atoms with Crippen LogP contribution in [0.1, 0.15) is 78.6 Å². The third-order valence-electron chi connectivity index (χ3n) is 3.37. The van der Waals surface area contributed by atoms with Gasteiger partial charge in [0.15, 0.2) is 0 Å². The average molecular weight is 286 g/mol. The first-order chi connectivity index (χ1) is 9.76. The van der Waals surface area contributed by atoms with Crippen molar-refractivity contribution in [3.63, 3.8) is 0 Å². The number of amides is 2. The van der Waals surface area contributed by atoms with E-state index in [0.717, 1.165) is 25.9 Å². The summed E-state index contributed by atoms with van der Waals surface area (Å²) in [7, 11) is 0. The molecule has 4 heteroatoms. The molecule has 0 spiro atoms. The number of nitrogens with one attached hydrogen (secondary N) is 1. The Morgan fingerprint density at radius 2 is 1.45 bits per heavy atom. The molecular formula is C16H34N2O2. The minimum atomic E-state index is -0.100. The molecule has 0 fully saturated rings. The molecular weight excluding hydrogens is 252 g/mol. The van der Waals surface area contributed by atoms with E-state index >= 15 is 0 Å². The van der Waals surface area contributed by atoms with Gasteiger partial charge in [0.1, 0.15) is 0 Å². The summed E-state index contributed by atoms with van der Waals surface area (Å²) in [6.45, 7) is 8.34. The van der Waals surface area contributed by atoms with Crippen molar-refractivity contribution in [2.45, 2.75) is 78.6 Å². The molecule has 0 aromatic rings. The molecule has 20 heavy (non-hydrogen) atoms. The molecule has 4 nitrogen and oxygen atoms in total. The van der Waals surface area contributed by atoms with Crippen LogP contribution >= 0.6 is 0 Å². The van der Waals surface area contributed by atoms with Gasteiger partial charge in [-0.05, 0) is 19.8 Å². The van der Waals surface area contributed by atoms with Gasteiger partial charge in [-0.3, -0.25) is 4.84 Å². The van der Waals surface area contributed by atoms with Crippen LogP contribution in [0.25, 0.3) is 0 Å². The summed E-state index contributed by atoms with van der Waals surface area (Å²) < 4.78 is 0. The van der Waals surface area contributed by atoms with Crippen LogP contribution in [0.2, 0.25) is 0 Å². The van der Waals surface area contributed by atoms with Crippen molar-refractivity contribution >= 4 is 6.03 Å². The predicted octanol–water partition coefficient (Wildman–Crippen LogP) is 4.50. The number of hydrogen-bond acceptors (Lipinski definition) is 2. The van der Waals surface area contributed by atoms with Gasteiger partial charge in [-0.1, -0.05) is 58.8 Å². The summed E-state index contributed by atoms with van der Waals surface area (Å²) in [6, 6.07) is -0.100. The van der Waals surface area contributed by atoms with Crippen LogP contribution in [0.3, 0.4) is 0 Å². The highest BCUT2D eigenvalue weighted by Gasteiger charge is 2.11. The van der Waals surface area contributed by atoms with E-state index in [2.05, 4.69) is 19.3 Å². The van der Waals surface area contributed by atoms with Gasteiger partial charge in [0, 0.05) is 13.1 Å². The number of carbonyl (C=O) groups excluding carboxylic acids is 1. The summed E-state index contributed by atoms with van der Waals surface area (Å²) in [5.74, 6) is 0. The van der Waals surface area contributed by atoms with E-state index in [4.69, 9.17) is 4.84 Å². The maximum Gasteiger partial charge on any atom is 0.341 e. The predicted molar refractivity (Wildman–Crippen MR) is 84.6 cm³/mol. The molecule has 1 N–H and O–H groups in total. The molecule has 2 amide bonds. The summed E-state index contributed by atoms with van der Waals surface area (Å²) in [5.41, 5.74) is 2.48. The van der Waals surface area contributed by atoms with E-state index in [1.165, 1.54) is 44.9 Å². The Morgan fingerprint density at radius 3 is 2.00 bits per heavy atom. The van der Waals surface area contributed by atoms with Crippen molar-refractivity contribution in [3.8, 4) is 0 Å². The molecule has 0 unspecified atom stereocenters. The van der Waals surface area contributed by atoms with E-state index in [1.807, 2.05) is 11.8 Å². The number of nitrogens with zero attached hydrogens (tertiary/aromatic N) is 1. The summed E-state index contributed by atoms with van der Waals surface area (Å²) in [6.07, 6.45) is 11.3. The first-order valence-corrected chi connectivity index (χ1v) is 8.42. The molecule has 0 aliphatic carbocycles. The smallest absolute Gasteiger partial charge is 0.323 e. The minimum Gasteiger partial charge on any atom is -0.323 e. The molecule has 0 aliphatic heterocycles.